The zero-order valence-electron chi connectivity index (χ0n) is 16.2. The van der Waals surface area contributed by atoms with Gasteiger partial charge in [-0.15, -0.1) is 0 Å². The number of primary amides is 1. The van der Waals surface area contributed by atoms with Gasteiger partial charge in [0.15, 0.2) is 0 Å². The summed E-state index contributed by atoms with van der Waals surface area (Å²) in [4.78, 5) is 26.7. The largest absolute Gasteiger partial charge is 0.368 e. The molecule has 0 bridgehead atoms. The van der Waals surface area contributed by atoms with Crippen molar-refractivity contribution in [2.75, 3.05) is 18.8 Å². The highest BCUT2D eigenvalue weighted by molar-refractivity contribution is 5.93. The lowest BCUT2D eigenvalue weighted by atomic mass is 9.89. The number of nitrogen functional groups attached to an aromatic ring is 1. The van der Waals surface area contributed by atoms with Crippen LogP contribution in [0.1, 0.15) is 40.4 Å². The molecule has 0 spiro atoms. The molecule has 148 valence electrons. The molecule has 1 aliphatic heterocycles. The molecule has 1 saturated heterocycles. The normalized spacial score (nSPS) is 17.2. The predicted octanol–water partition coefficient (Wildman–Crippen LogP) is 2.60. The summed E-state index contributed by atoms with van der Waals surface area (Å²) in [5.74, 6) is 0.106. The number of hydrogen-bond acceptors (Lipinski definition) is 6. The van der Waals surface area contributed by atoms with E-state index >= 15 is 0 Å². The van der Waals surface area contributed by atoms with Crippen molar-refractivity contribution < 1.29 is 4.79 Å². The van der Waals surface area contributed by atoms with Gasteiger partial charge in [-0.25, -0.2) is 9.97 Å². The van der Waals surface area contributed by atoms with Crippen LogP contribution in [0, 0.1) is 0 Å². The van der Waals surface area contributed by atoms with Crippen molar-refractivity contribution >= 4 is 11.9 Å². The summed E-state index contributed by atoms with van der Waals surface area (Å²) in [5, 5.41) is 0. The molecule has 1 fully saturated rings. The molecule has 2 aromatic heterocycles. The second-order valence-corrected chi connectivity index (χ2v) is 7.40. The van der Waals surface area contributed by atoms with Crippen LogP contribution >= 0.6 is 0 Å². The Bertz CT molecular complexity index is 990. The monoisotopic (exact) mass is 388 g/mol. The molecule has 1 aliphatic rings. The van der Waals surface area contributed by atoms with Gasteiger partial charge in [-0.1, -0.05) is 12.1 Å². The summed E-state index contributed by atoms with van der Waals surface area (Å²) in [7, 11) is 0. The maximum atomic E-state index is 11.4. The number of benzene rings is 1. The van der Waals surface area contributed by atoms with E-state index in [0.717, 1.165) is 49.3 Å². The molecular formula is C22H24N6O. The molecule has 7 heteroatoms. The molecule has 1 aromatic carbocycles. The number of hydrogen-bond donors (Lipinski definition) is 2. The maximum absolute atomic E-state index is 11.4. The Morgan fingerprint density at radius 3 is 2.62 bits per heavy atom. The number of rotatable bonds is 5. The van der Waals surface area contributed by atoms with Gasteiger partial charge in [-0.2, -0.15) is 0 Å². The molecule has 0 saturated carbocycles. The van der Waals surface area contributed by atoms with E-state index in [-0.39, 0.29) is 11.9 Å². The van der Waals surface area contributed by atoms with E-state index in [0.29, 0.717) is 5.56 Å². The SMILES string of the molecule is NC(=O)c1ccc(-c2cnc(N)nc2C2CCCN(Cc3ccncc3)C2)cc1. The van der Waals surface area contributed by atoms with Crippen molar-refractivity contribution in [1.29, 1.82) is 0 Å². The van der Waals surface area contributed by atoms with Crippen LogP contribution in [0.2, 0.25) is 0 Å². The van der Waals surface area contributed by atoms with Crippen LogP contribution in [-0.4, -0.2) is 38.8 Å². The highest BCUT2D eigenvalue weighted by Gasteiger charge is 2.25. The highest BCUT2D eigenvalue weighted by Crippen LogP contribution is 2.33. The number of piperidine rings is 1. The number of amides is 1. The minimum absolute atomic E-state index is 0.265. The standard InChI is InChI=1S/C22H24N6O/c23-21(29)17-5-3-16(4-6-17)19-12-26-22(24)27-20(19)18-2-1-11-28(14-18)13-15-7-9-25-10-8-15/h3-10,12,18H,1-2,11,13-14H2,(H2,23,29)(H2,24,26,27). The van der Waals surface area contributed by atoms with Crippen LogP contribution in [0.25, 0.3) is 11.1 Å². The first-order valence-electron chi connectivity index (χ1n) is 9.74. The number of carbonyl (C=O) groups is 1. The average molecular weight is 388 g/mol. The third-order valence-corrected chi connectivity index (χ3v) is 5.37. The molecule has 29 heavy (non-hydrogen) atoms. The first kappa shape index (κ1) is 19.0. The van der Waals surface area contributed by atoms with E-state index in [2.05, 4.69) is 32.0 Å². The number of nitrogens with two attached hydrogens (primary N) is 2. The fourth-order valence-electron chi connectivity index (χ4n) is 3.93. The van der Waals surface area contributed by atoms with E-state index in [1.807, 2.05) is 24.5 Å². The maximum Gasteiger partial charge on any atom is 0.248 e. The Hall–Kier alpha value is -3.32. The molecule has 7 nitrogen and oxygen atoms in total. The molecule has 3 heterocycles. The van der Waals surface area contributed by atoms with Crippen LogP contribution in [-0.2, 0) is 6.54 Å². The zero-order chi connectivity index (χ0) is 20.2. The number of anilines is 1. The number of aromatic nitrogens is 3. The van der Waals surface area contributed by atoms with E-state index in [1.54, 1.807) is 18.3 Å². The van der Waals surface area contributed by atoms with E-state index < -0.39 is 5.91 Å². The Labute approximate surface area is 169 Å². The van der Waals surface area contributed by atoms with Crippen molar-refractivity contribution in [2.24, 2.45) is 5.73 Å². The highest BCUT2D eigenvalue weighted by atomic mass is 16.1. The smallest absolute Gasteiger partial charge is 0.248 e. The summed E-state index contributed by atoms with van der Waals surface area (Å²) in [6.07, 6.45) is 7.58. The van der Waals surface area contributed by atoms with Crippen LogP contribution in [0.15, 0.2) is 55.0 Å². The lowest BCUT2D eigenvalue weighted by molar-refractivity contribution is 0.100. The average Bonchev–Trinajstić information content (AvgIpc) is 2.75. The Morgan fingerprint density at radius 1 is 1.14 bits per heavy atom. The van der Waals surface area contributed by atoms with Crippen molar-refractivity contribution in [2.45, 2.75) is 25.3 Å². The molecule has 3 aromatic rings. The first-order valence-corrected chi connectivity index (χ1v) is 9.74. The van der Waals surface area contributed by atoms with E-state index in [4.69, 9.17) is 11.5 Å². The van der Waals surface area contributed by atoms with Crippen molar-refractivity contribution in [3.8, 4) is 11.1 Å². The fourth-order valence-corrected chi connectivity index (χ4v) is 3.93. The van der Waals surface area contributed by atoms with E-state index in [1.165, 1.54) is 5.56 Å². The molecule has 4 rings (SSSR count). The summed E-state index contributed by atoms with van der Waals surface area (Å²) < 4.78 is 0. The van der Waals surface area contributed by atoms with Gasteiger partial charge in [0.2, 0.25) is 11.9 Å². The summed E-state index contributed by atoms with van der Waals surface area (Å²) in [5.41, 5.74) is 15.9. The van der Waals surface area contributed by atoms with Gasteiger partial charge in [0, 0.05) is 48.7 Å². The summed E-state index contributed by atoms with van der Waals surface area (Å²) in [6.45, 7) is 2.86. The third kappa shape index (κ3) is 4.41. The number of carbonyl (C=O) groups excluding carboxylic acids is 1. The summed E-state index contributed by atoms with van der Waals surface area (Å²) in [6, 6.07) is 11.3. The second-order valence-electron chi connectivity index (χ2n) is 7.40. The number of pyridine rings is 1. The Balaban J connectivity index is 1.60. The van der Waals surface area contributed by atoms with Crippen molar-refractivity contribution in [1.82, 2.24) is 19.9 Å². The Kier molecular flexibility index (Phi) is 5.48. The molecule has 1 unspecified atom stereocenters. The van der Waals surface area contributed by atoms with Gasteiger partial charge in [0.1, 0.15) is 0 Å². The van der Waals surface area contributed by atoms with Gasteiger partial charge in [-0.05, 0) is 54.8 Å². The van der Waals surface area contributed by atoms with Gasteiger partial charge < -0.3 is 11.5 Å². The minimum Gasteiger partial charge on any atom is -0.368 e. The third-order valence-electron chi connectivity index (χ3n) is 5.37. The fraction of sp³-hybridized carbons (Fsp3) is 0.273. The van der Waals surface area contributed by atoms with Crippen molar-refractivity contribution in [3.05, 3.63) is 71.8 Å². The second kappa shape index (κ2) is 8.36. The van der Waals surface area contributed by atoms with Crippen LogP contribution < -0.4 is 11.5 Å². The zero-order valence-corrected chi connectivity index (χ0v) is 16.2. The van der Waals surface area contributed by atoms with Crippen LogP contribution in [0.5, 0.6) is 0 Å². The molecule has 1 amide bonds. The van der Waals surface area contributed by atoms with Gasteiger partial charge >= 0.3 is 0 Å². The van der Waals surface area contributed by atoms with E-state index in [9.17, 15) is 4.79 Å². The minimum atomic E-state index is -0.440. The molecular weight excluding hydrogens is 364 g/mol. The molecule has 0 aliphatic carbocycles. The quantitative estimate of drug-likeness (QED) is 0.695. The van der Waals surface area contributed by atoms with Gasteiger partial charge in [0.25, 0.3) is 0 Å². The number of likely N-dealkylation sites (tertiary alicyclic amines) is 1. The predicted molar refractivity (Wildman–Crippen MR) is 112 cm³/mol. The lowest BCUT2D eigenvalue weighted by Gasteiger charge is -2.33. The van der Waals surface area contributed by atoms with Gasteiger partial charge in [-0.3, -0.25) is 14.7 Å². The van der Waals surface area contributed by atoms with Crippen molar-refractivity contribution in [3.63, 3.8) is 0 Å². The lowest BCUT2D eigenvalue weighted by Crippen LogP contribution is -2.34. The van der Waals surface area contributed by atoms with Crippen LogP contribution in [0.4, 0.5) is 5.95 Å². The molecule has 1 atom stereocenters. The van der Waals surface area contributed by atoms with Crippen LogP contribution in [0.3, 0.4) is 0 Å². The first-order chi connectivity index (χ1) is 14.1. The van der Waals surface area contributed by atoms with Gasteiger partial charge in [0.05, 0.1) is 5.69 Å². The molecule has 0 radical (unpaired) electrons. The number of nitrogens with zero attached hydrogens (tertiary/aromatic N) is 4. The summed E-state index contributed by atoms with van der Waals surface area (Å²) >= 11 is 0. The molecule has 4 N–H and O–H groups in total. The topological polar surface area (TPSA) is 111 Å². The Morgan fingerprint density at radius 2 is 1.90 bits per heavy atom.